The molecule has 0 radical (unpaired) electrons. The van der Waals surface area contributed by atoms with Gasteiger partial charge in [0, 0.05) is 5.92 Å². The average Bonchev–Trinajstić information content (AvgIpc) is 2.94. The highest BCUT2D eigenvalue weighted by Gasteiger charge is 2.43. The summed E-state index contributed by atoms with van der Waals surface area (Å²) in [6, 6.07) is 1.84. The molecule has 3 unspecified atom stereocenters. The number of fused-ring (bicyclic) bond motifs is 2. The largest absolute Gasteiger partial charge is 0.397 e. The zero-order chi connectivity index (χ0) is 12.7. The van der Waals surface area contributed by atoms with E-state index in [1.165, 1.54) is 19.3 Å². The number of aryl methyl sites for hydroxylation is 1. The maximum Gasteiger partial charge on any atom is 0.228 e. The summed E-state index contributed by atoms with van der Waals surface area (Å²) in [6.07, 6.45) is 6.42. The van der Waals surface area contributed by atoms with Gasteiger partial charge >= 0.3 is 0 Å². The standard InChI is InChI=1S/C14H19N3O/c1-8-4-11(15)7-16-13(8)17-14(18)12-6-9-2-3-10(12)5-9/h4,7,9-10,12H,2-3,5-6,15H2,1H3,(H,16,17,18). The summed E-state index contributed by atoms with van der Waals surface area (Å²) >= 11 is 0. The van der Waals surface area contributed by atoms with Crippen LogP contribution in [0.5, 0.6) is 0 Å². The van der Waals surface area contributed by atoms with Crippen LogP contribution in [-0.2, 0) is 4.79 Å². The number of aromatic nitrogens is 1. The predicted molar refractivity (Wildman–Crippen MR) is 71.0 cm³/mol. The topological polar surface area (TPSA) is 68.0 Å². The van der Waals surface area contributed by atoms with Crippen LogP contribution in [0.2, 0.25) is 0 Å². The van der Waals surface area contributed by atoms with E-state index >= 15 is 0 Å². The highest BCUT2D eigenvalue weighted by molar-refractivity contribution is 5.92. The average molecular weight is 245 g/mol. The number of carbonyl (C=O) groups excluding carboxylic acids is 1. The lowest BCUT2D eigenvalue weighted by atomic mass is 9.88. The summed E-state index contributed by atoms with van der Waals surface area (Å²) in [5.41, 5.74) is 7.21. The molecule has 1 aromatic rings. The maximum atomic E-state index is 12.3. The van der Waals surface area contributed by atoms with Gasteiger partial charge in [0.2, 0.25) is 5.91 Å². The molecule has 1 amide bonds. The monoisotopic (exact) mass is 245 g/mol. The van der Waals surface area contributed by atoms with E-state index in [4.69, 9.17) is 5.73 Å². The Morgan fingerprint density at radius 3 is 2.89 bits per heavy atom. The number of amides is 1. The smallest absolute Gasteiger partial charge is 0.228 e. The molecule has 3 N–H and O–H groups in total. The van der Waals surface area contributed by atoms with Gasteiger partial charge < -0.3 is 11.1 Å². The molecule has 2 fully saturated rings. The fourth-order valence-electron chi connectivity index (χ4n) is 3.50. The Kier molecular flexibility index (Phi) is 2.73. The summed E-state index contributed by atoms with van der Waals surface area (Å²) in [7, 11) is 0. The van der Waals surface area contributed by atoms with E-state index in [2.05, 4.69) is 10.3 Å². The Labute approximate surface area is 107 Å². The number of nitrogens with two attached hydrogens (primary N) is 1. The molecule has 2 aliphatic carbocycles. The van der Waals surface area contributed by atoms with Gasteiger partial charge in [-0.1, -0.05) is 6.42 Å². The van der Waals surface area contributed by atoms with E-state index in [-0.39, 0.29) is 11.8 Å². The quantitative estimate of drug-likeness (QED) is 0.840. The summed E-state index contributed by atoms with van der Waals surface area (Å²) in [5.74, 6) is 2.37. The van der Waals surface area contributed by atoms with E-state index in [0.717, 1.165) is 17.9 Å². The number of nitrogens with one attached hydrogen (secondary N) is 1. The highest BCUT2D eigenvalue weighted by atomic mass is 16.2. The van der Waals surface area contributed by atoms with Gasteiger partial charge in [0.1, 0.15) is 5.82 Å². The summed E-state index contributed by atoms with van der Waals surface area (Å²) < 4.78 is 0. The van der Waals surface area contributed by atoms with E-state index < -0.39 is 0 Å². The van der Waals surface area contributed by atoms with Crippen LogP contribution in [0.15, 0.2) is 12.3 Å². The fraction of sp³-hybridized carbons (Fsp3) is 0.571. The van der Waals surface area contributed by atoms with Gasteiger partial charge in [-0.3, -0.25) is 4.79 Å². The van der Waals surface area contributed by atoms with Crippen molar-refractivity contribution < 1.29 is 4.79 Å². The van der Waals surface area contributed by atoms with Crippen LogP contribution in [0.25, 0.3) is 0 Å². The Hall–Kier alpha value is -1.58. The van der Waals surface area contributed by atoms with Crippen LogP contribution in [-0.4, -0.2) is 10.9 Å². The zero-order valence-electron chi connectivity index (χ0n) is 10.6. The van der Waals surface area contributed by atoms with Crippen molar-refractivity contribution in [2.75, 3.05) is 11.1 Å². The Morgan fingerprint density at radius 1 is 1.44 bits per heavy atom. The van der Waals surface area contributed by atoms with Crippen LogP contribution >= 0.6 is 0 Å². The van der Waals surface area contributed by atoms with Crippen LogP contribution < -0.4 is 11.1 Å². The number of hydrogen-bond acceptors (Lipinski definition) is 3. The molecule has 0 aliphatic heterocycles. The maximum absolute atomic E-state index is 12.3. The first-order chi connectivity index (χ1) is 8.63. The Bertz CT molecular complexity index is 486. The summed E-state index contributed by atoms with van der Waals surface area (Å²) in [5, 5.41) is 2.96. The third kappa shape index (κ3) is 1.96. The van der Waals surface area contributed by atoms with E-state index in [9.17, 15) is 4.79 Å². The minimum absolute atomic E-state index is 0.141. The molecule has 0 spiro atoms. The third-order valence-electron chi connectivity index (χ3n) is 4.42. The van der Waals surface area contributed by atoms with Gasteiger partial charge in [0.25, 0.3) is 0 Å². The van der Waals surface area contributed by atoms with Crippen LogP contribution in [0.1, 0.15) is 31.2 Å². The lowest BCUT2D eigenvalue weighted by Crippen LogP contribution is -2.27. The first kappa shape index (κ1) is 11.5. The molecule has 3 rings (SSSR count). The molecule has 1 heterocycles. The minimum atomic E-state index is 0.141. The number of rotatable bonds is 2. The molecule has 0 aromatic carbocycles. The van der Waals surface area contributed by atoms with Gasteiger partial charge in [-0.25, -0.2) is 4.98 Å². The number of nitrogens with zero attached hydrogens (tertiary/aromatic N) is 1. The molecule has 2 aliphatic rings. The van der Waals surface area contributed by atoms with Crippen molar-refractivity contribution in [2.24, 2.45) is 17.8 Å². The molecular weight excluding hydrogens is 226 g/mol. The second kappa shape index (κ2) is 4.26. The first-order valence-electron chi connectivity index (χ1n) is 6.66. The number of carbonyl (C=O) groups is 1. The minimum Gasteiger partial charge on any atom is -0.397 e. The van der Waals surface area contributed by atoms with Crippen molar-refractivity contribution in [1.82, 2.24) is 4.98 Å². The van der Waals surface area contributed by atoms with Crippen LogP contribution in [0.3, 0.4) is 0 Å². The Morgan fingerprint density at radius 2 is 2.28 bits per heavy atom. The van der Waals surface area contributed by atoms with Gasteiger partial charge in [-0.05, 0) is 49.7 Å². The molecular formula is C14H19N3O. The molecule has 3 atom stereocenters. The normalized spacial score (nSPS) is 29.5. The molecule has 1 aromatic heterocycles. The van der Waals surface area contributed by atoms with Crippen LogP contribution in [0.4, 0.5) is 11.5 Å². The van der Waals surface area contributed by atoms with Gasteiger partial charge in [-0.2, -0.15) is 0 Å². The van der Waals surface area contributed by atoms with Gasteiger partial charge in [0.15, 0.2) is 0 Å². The Balaban J connectivity index is 1.71. The number of nitrogen functional groups attached to an aromatic ring is 1. The van der Waals surface area contributed by atoms with Crippen LogP contribution in [0, 0.1) is 24.7 Å². The fourth-order valence-corrected chi connectivity index (χ4v) is 3.50. The SMILES string of the molecule is Cc1cc(N)cnc1NC(=O)C1CC2CCC1C2. The molecule has 2 saturated carbocycles. The summed E-state index contributed by atoms with van der Waals surface area (Å²) in [6.45, 7) is 1.92. The van der Waals surface area contributed by atoms with Crippen molar-refractivity contribution >= 4 is 17.4 Å². The van der Waals surface area contributed by atoms with Gasteiger partial charge in [-0.15, -0.1) is 0 Å². The van der Waals surface area contributed by atoms with Crippen molar-refractivity contribution in [3.05, 3.63) is 17.8 Å². The second-order valence-corrected chi connectivity index (χ2v) is 5.70. The molecule has 4 nitrogen and oxygen atoms in total. The number of anilines is 2. The van der Waals surface area contributed by atoms with Crippen molar-refractivity contribution in [1.29, 1.82) is 0 Å². The highest BCUT2D eigenvalue weighted by Crippen LogP contribution is 2.48. The molecule has 2 bridgehead atoms. The lowest BCUT2D eigenvalue weighted by Gasteiger charge is -2.21. The summed E-state index contributed by atoms with van der Waals surface area (Å²) in [4.78, 5) is 16.5. The van der Waals surface area contributed by atoms with Crippen molar-refractivity contribution in [2.45, 2.75) is 32.6 Å². The second-order valence-electron chi connectivity index (χ2n) is 5.70. The molecule has 4 heteroatoms. The zero-order valence-corrected chi connectivity index (χ0v) is 10.6. The third-order valence-corrected chi connectivity index (χ3v) is 4.42. The lowest BCUT2D eigenvalue weighted by molar-refractivity contribution is -0.121. The first-order valence-corrected chi connectivity index (χ1v) is 6.66. The van der Waals surface area contributed by atoms with Gasteiger partial charge in [0.05, 0.1) is 11.9 Å². The van der Waals surface area contributed by atoms with E-state index in [1.807, 2.05) is 13.0 Å². The number of pyridine rings is 1. The number of hydrogen-bond donors (Lipinski definition) is 2. The van der Waals surface area contributed by atoms with Crippen molar-refractivity contribution in [3.8, 4) is 0 Å². The van der Waals surface area contributed by atoms with E-state index in [1.54, 1.807) is 6.20 Å². The molecule has 0 saturated heterocycles. The van der Waals surface area contributed by atoms with E-state index in [0.29, 0.717) is 17.4 Å². The van der Waals surface area contributed by atoms with Crippen molar-refractivity contribution in [3.63, 3.8) is 0 Å². The molecule has 18 heavy (non-hydrogen) atoms. The molecule has 96 valence electrons. The predicted octanol–water partition coefficient (Wildman–Crippen LogP) is 2.35.